The van der Waals surface area contributed by atoms with Crippen molar-refractivity contribution in [1.29, 1.82) is 0 Å². The minimum atomic E-state index is -1.82. The van der Waals surface area contributed by atoms with E-state index >= 15 is 0 Å². The summed E-state index contributed by atoms with van der Waals surface area (Å²) in [5, 5.41) is 37.6. The maximum atomic E-state index is 13.6. The molecule has 6 rings (SSSR count). The molecule has 2 aromatic rings. The van der Waals surface area contributed by atoms with Gasteiger partial charge in [0.25, 0.3) is 0 Å². The van der Waals surface area contributed by atoms with Crippen molar-refractivity contribution < 1.29 is 58.4 Å². The lowest BCUT2D eigenvalue weighted by Gasteiger charge is -2.51. The summed E-state index contributed by atoms with van der Waals surface area (Å²) in [6, 6.07) is -0.520. The number of hydrogen-bond acceptors (Lipinski definition) is 17. The fraction of sp³-hybridized carbons (Fsp3) is 0.485. The van der Waals surface area contributed by atoms with Gasteiger partial charge in [-0.2, -0.15) is 9.36 Å². The largest absolute Gasteiger partial charge is 0.478 e. The minimum absolute atomic E-state index is 0.00110. The smallest absolute Gasteiger partial charge is 0.352 e. The fourth-order valence-corrected chi connectivity index (χ4v) is 10.1. The second-order valence-electron chi connectivity index (χ2n) is 14.2. The molecule has 0 radical (unpaired) electrons. The summed E-state index contributed by atoms with van der Waals surface area (Å²) >= 11 is 3.38. The van der Waals surface area contributed by atoms with Gasteiger partial charge in [-0.1, -0.05) is 5.16 Å². The Morgan fingerprint density at radius 1 is 1.00 bits per heavy atom. The van der Waals surface area contributed by atoms with Crippen LogP contribution in [0.15, 0.2) is 33.9 Å². The first kappa shape index (κ1) is 42.9. The van der Waals surface area contributed by atoms with Gasteiger partial charge >= 0.3 is 23.9 Å². The molecule has 0 spiro atoms. The maximum Gasteiger partial charge on any atom is 0.352 e. The number of oxime groups is 1. The van der Waals surface area contributed by atoms with Gasteiger partial charge in [-0.15, -0.1) is 32.9 Å². The highest BCUT2D eigenvalue weighted by Crippen LogP contribution is 2.49. The minimum Gasteiger partial charge on any atom is -0.478 e. The van der Waals surface area contributed by atoms with Gasteiger partial charge in [0, 0.05) is 48.1 Å². The Morgan fingerprint density at radius 2 is 1.61 bits per heavy atom. The van der Waals surface area contributed by atoms with Crippen LogP contribution in [0.25, 0.3) is 0 Å². The van der Waals surface area contributed by atoms with Crippen molar-refractivity contribution in [3.8, 4) is 0 Å². The first-order valence-electron chi connectivity index (χ1n) is 17.9. The molecule has 0 saturated carbocycles. The van der Waals surface area contributed by atoms with Crippen LogP contribution in [0.1, 0.15) is 38.9 Å². The van der Waals surface area contributed by atoms with Crippen molar-refractivity contribution in [2.75, 3.05) is 41.4 Å². The lowest BCUT2D eigenvalue weighted by atomic mass is 9.87. The van der Waals surface area contributed by atoms with Crippen LogP contribution in [0.2, 0.25) is 0 Å². The van der Waals surface area contributed by atoms with E-state index in [0.717, 1.165) is 16.4 Å². The summed E-state index contributed by atoms with van der Waals surface area (Å²) in [4.78, 5) is 101. The lowest BCUT2D eigenvalue weighted by molar-refractivity contribution is -0.765. The third kappa shape index (κ3) is 8.28. The van der Waals surface area contributed by atoms with E-state index in [-0.39, 0.29) is 77.8 Å². The van der Waals surface area contributed by atoms with Crippen molar-refractivity contribution in [2.45, 2.75) is 56.0 Å². The van der Waals surface area contributed by atoms with Crippen LogP contribution in [0.5, 0.6) is 0 Å². The van der Waals surface area contributed by atoms with Gasteiger partial charge in [0.05, 0.1) is 29.6 Å². The molecule has 4 amide bonds. The molecule has 0 aromatic carbocycles. The van der Waals surface area contributed by atoms with Crippen molar-refractivity contribution >= 4 is 98.9 Å². The zero-order valence-electron chi connectivity index (χ0n) is 31.7. The number of nitrogens with two attached hydrogens (primary N) is 3. The number of β-lactam (4-membered cyclic amide) rings is 2. The molecule has 4 atom stereocenters. The molecule has 23 nitrogen and oxygen atoms in total. The Labute approximate surface area is 347 Å². The molecule has 316 valence electrons. The monoisotopic (exact) mass is 877 g/mol. The number of thioether (sulfide) groups is 2. The number of fused-ring (bicyclic) bond motifs is 2. The zero-order chi connectivity index (χ0) is 43.1. The number of nitrogen functional groups attached to an aromatic ring is 2. The molecule has 6 heterocycles. The number of hydrogen-bond donors (Lipinski definition) is 8. The number of ketones is 1. The second kappa shape index (κ2) is 16.9. The standard InChI is InChI=1S/C33H40N12O11S3/c1-33(2,30(53)54)56-40-19(23-39-31(36)59-41-23)18(46)8-16-25(48)44-20(28(49)50)13(11-57-27(16)44)4-5-15-24(47)45-21(29(51)52)14(12-58-26(15)45)9-43-10-17(22(35)42(43)3)38-32(55)37-7-6-34/h10,15-16,26-27,35H,4-9,11-12,34H2,1-3H3,(H7,36,37,38,39,41,49,50,51,52,53,54,55)/p+1/b40-19+/t15-,16-,26-,27-/m1/s1. The Hall–Kier alpha value is -5.73. The molecule has 59 heavy (non-hydrogen) atoms. The summed E-state index contributed by atoms with van der Waals surface area (Å²) in [6.07, 6.45) is 1.44. The van der Waals surface area contributed by atoms with Crippen LogP contribution in [0.3, 0.4) is 0 Å². The number of rotatable bonds is 17. The molecule has 0 bridgehead atoms. The first-order valence-corrected chi connectivity index (χ1v) is 20.7. The van der Waals surface area contributed by atoms with E-state index in [0.29, 0.717) is 11.1 Å². The molecular weight excluding hydrogens is 837 g/mol. The van der Waals surface area contributed by atoms with Crippen LogP contribution in [0.4, 0.5) is 21.4 Å². The van der Waals surface area contributed by atoms with Crippen LogP contribution < -0.4 is 32.5 Å². The molecule has 2 fully saturated rings. The average molecular weight is 878 g/mol. The number of carbonyl (C=O) groups excluding carboxylic acids is 4. The first-order chi connectivity index (χ1) is 27.9. The van der Waals surface area contributed by atoms with Gasteiger partial charge in [0.2, 0.25) is 29.4 Å². The Morgan fingerprint density at radius 3 is 2.20 bits per heavy atom. The van der Waals surface area contributed by atoms with E-state index in [4.69, 9.17) is 22.0 Å². The Kier molecular flexibility index (Phi) is 12.3. The summed E-state index contributed by atoms with van der Waals surface area (Å²) < 4.78 is 7.12. The highest BCUT2D eigenvalue weighted by molar-refractivity contribution is 8.00. The number of carbonyl (C=O) groups is 7. The van der Waals surface area contributed by atoms with Crippen LogP contribution in [0, 0.1) is 11.8 Å². The number of nitrogens with zero attached hydrogens (tertiary/aromatic N) is 7. The number of urea groups is 1. The number of nitrogens with one attached hydrogen (secondary N) is 2. The topological polar surface area (TPSA) is 345 Å². The Bertz CT molecular complexity index is 2230. The highest BCUT2D eigenvalue weighted by atomic mass is 32.2. The van der Waals surface area contributed by atoms with Gasteiger partial charge in [0.1, 0.15) is 11.4 Å². The Balaban J connectivity index is 1.12. The zero-order valence-corrected chi connectivity index (χ0v) is 34.2. The molecular formula is C33H41N12O11S3+. The molecule has 26 heteroatoms. The number of aromatic nitrogens is 4. The fourth-order valence-electron chi connectivity index (χ4n) is 6.81. The predicted molar refractivity (Wildman–Crippen MR) is 211 cm³/mol. The summed E-state index contributed by atoms with van der Waals surface area (Å²) in [6.45, 7) is 2.96. The molecule has 4 aliphatic rings. The van der Waals surface area contributed by atoms with Crippen LogP contribution in [-0.2, 0) is 47.2 Å². The maximum absolute atomic E-state index is 13.6. The number of Topliss-reactive ketones (excluding diaryl/α,β-unsaturated/α-hetero) is 1. The number of amides is 4. The molecule has 11 N–H and O–H groups in total. The van der Waals surface area contributed by atoms with E-state index in [1.54, 1.807) is 17.9 Å². The van der Waals surface area contributed by atoms with E-state index in [1.165, 1.54) is 47.0 Å². The van der Waals surface area contributed by atoms with Gasteiger partial charge < -0.3 is 42.7 Å². The lowest BCUT2D eigenvalue weighted by Crippen LogP contribution is -2.62. The van der Waals surface area contributed by atoms with E-state index in [9.17, 15) is 48.9 Å². The van der Waals surface area contributed by atoms with Crippen molar-refractivity contribution in [3.63, 3.8) is 0 Å². The van der Waals surface area contributed by atoms with Gasteiger partial charge in [-0.05, 0) is 32.3 Å². The summed E-state index contributed by atoms with van der Waals surface area (Å²) in [5.74, 6) is -6.99. The normalized spacial score (nSPS) is 21.7. The van der Waals surface area contributed by atoms with E-state index < -0.39 is 81.9 Å². The SMILES string of the molecule is Cn1c(N)c(NC(=O)NCCN)c[n+]1CC1=C(C(=O)O)N2C(=O)[C@@H](CCC3=C(C(=O)O)N4C(=O)[C@@H](CC(=O)/C(=N\OC(C)(C)C(=O)O)c5nsc(N)n5)[C@H]4SC3)[C@H]2SC1. The number of carboxylic acids is 3. The van der Waals surface area contributed by atoms with Gasteiger partial charge in [-0.25, -0.2) is 19.2 Å². The molecule has 0 unspecified atom stereocenters. The average Bonchev–Trinajstić information content (AvgIpc) is 3.72. The van der Waals surface area contributed by atoms with E-state index in [2.05, 4.69) is 25.1 Å². The van der Waals surface area contributed by atoms with E-state index in [1.807, 2.05) is 0 Å². The third-order valence-corrected chi connectivity index (χ3v) is 13.3. The molecule has 2 saturated heterocycles. The number of aliphatic carboxylic acids is 3. The van der Waals surface area contributed by atoms with Gasteiger partial charge in [0.15, 0.2) is 34.7 Å². The molecule has 0 aliphatic carbocycles. The van der Waals surface area contributed by atoms with Crippen molar-refractivity contribution in [1.82, 2.24) is 29.2 Å². The van der Waals surface area contributed by atoms with Crippen molar-refractivity contribution in [2.24, 2.45) is 29.8 Å². The predicted octanol–water partition coefficient (Wildman–Crippen LogP) is -0.828. The number of carboxylic acid groups (broad SMARTS) is 3. The molecule has 4 aliphatic heterocycles. The number of anilines is 3. The highest BCUT2D eigenvalue weighted by Gasteiger charge is 2.56. The molecule has 2 aromatic heterocycles. The van der Waals surface area contributed by atoms with Gasteiger partial charge in [-0.3, -0.25) is 29.5 Å². The summed E-state index contributed by atoms with van der Waals surface area (Å²) in [7, 11) is 1.63. The van der Waals surface area contributed by atoms with Crippen LogP contribution >= 0.6 is 35.1 Å². The second-order valence-corrected chi connectivity index (χ2v) is 17.2. The van der Waals surface area contributed by atoms with Crippen LogP contribution in [-0.4, -0.2) is 127 Å². The quantitative estimate of drug-likeness (QED) is 0.0416. The third-order valence-electron chi connectivity index (χ3n) is 10.00. The summed E-state index contributed by atoms with van der Waals surface area (Å²) in [5.41, 5.74) is 15.8. The van der Waals surface area contributed by atoms with Crippen molar-refractivity contribution in [3.05, 3.63) is 34.6 Å².